The highest BCUT2D eigenvalue weighted by molar-refractivity contribution is 5.99. The van der Waals surface area contributed by atoms with E-state index in [1.54, 1.807) is 12.1 Å². The number of Topliss-reactive ketones (excluding diaryl/α,β-unsaturated/α-hetero) is 1. The minimum atomic E-state index is -0.645. The van der Waals surface area contributed by atoms with Crippen LogP contribution in [0.4, 0.5) is 5.69 Å². The number of rotatable bonds is 12. The maximum atomic E-state index is 13.0. The van der Waals surface area contributed by atoms with Gasteiger partial charge < -0.3 is 20.1 Å². The molecule has 2 atom stereocenters. The Kier molecular flexibility index (Phi) is 11.5. The molecule has 2 N–H and O–H groups in total. The number of nitrogens with zero attached hydrogens (tertiary/aromatic N) is 1. The van der Waals surface area contributed by atoms with Crippen LogP contribution in [0.25, 0.3) is 0 Å². The van der Waals surface area contributed by atoms with Crippen LogP contribution in [0.3, 0.4) is 0 Å². The lowest BCUT2D eigenvalue weighted by molar-refractivity contribution is -0.00162. The number of ketones is 1. The number of ether oxygens (including phenoxy) is 1. The summed E-state index contributed by atoms with van der Waals surface area (Å²) in [5.74, 6) is -0.0639. The van der Waals surface area contributed by atoms with Gasteiger partial charge in [-0.3, -0.25) is 4.79 Å². The Morgan fingerprint density at radius 1 is 1.10 bits per heavy atom. The van der Waals surface area contributed by atoms with Crippen molar-refractivity contribution in [1.82, 2.24) is 5.32 Å². The maximum absolute atomic E-state index is 13.0. The van der Waals surface area contributed by atoms with Crippen LogP contribution >= 0.6 is 12.4 Å². The number of aliphatic hydroxyl groups is 1. The first-order valence-corrected chi connectivity index (χ1v) is 9.87. The van der Waals surface area contributed by atoms with E-state index in [9.17, 15) is 9.90 Å². The molecule has 0 amide bonds. The standard InChI is InChI=1S/C23H32N2O3.ClH/c1-4-14-24-16-21(26)17-28-22(23(27)19-8-6-5-7-9-19)15-18-10-12-20(13-11-18)25(2)3;/h5-13,21-22,24,26H,4,14-17H2,1-3H3;1H. The highest BCUT2D eigenvalue weighted by atomic mass is 35.5. The summed E-state index contributed by atoms with van der Waals surface area (Å²) < 4.78 is 5.88. The van der Waals surface area contributed by atoms with E-state index in [1.807, 2.05) is 61.5 Å². The van der Waals surface area contributed by atoms with E-state index in [2.05, 4.69) is 12.2 Å². The second-order valence-electron chi connectivity index (χ2n) is 7.18. The summed E-state index contributed by atoms with van der Waals surface area (Å²) in [5.41, 5.74) is 2.75. The number of carbonyl (C=O) groups is 1. The maximum Gasteiger partial charge on any atom is 0.191 e. The van der Waals surface area contributed by atoms with Crippen LogP contribution in [-0.2, 0) is 11.2 Å². The third-order valence-corrected chi connectivity index (χ3v) is 4.52. The van der Waals surface area contributed by atoms with E-state index in [0.717, 1.165) is 24.2 Å². The Hall–Kier alpha value is -1.92. The van der Waals surface area contributed by atoms with Crippen LogP contribution in [0.1, 0.15) is 29.3 Å². The molecule has 0 bridgehead atoms. The fraction of sp³-hybridized carbons (Fsp3) is 0.435. The molecule has 0 aliphatic heterocycles. The van der Waals surface area contributed by atoms with Crippen molar-refractivity contribution in [3.63, 3.8) is 0 Å². The van der Waals surface area contributed by atoms with Gasteiger partial charge >= 0.3 is 0 Å². The van der Waals surface area contributed by atoms with Gasteiger partial charge in [-0.05, 0) is 30.7 Å². The monoisotopic (exact) mass is 420 g/mol. The van der Waals surface area contributed by atoms with E-state index in [-0.39, 0.29) is 24.8 Å². The van der Waals surface area contributed by atoms with E-state index in [1.165, 1.54) is 0 Å². The number of hydrogen-bond donors (Lipinski definition) is 2. The Balaban J connectivity index is 0.00000420. The molecular weight excluding hydrogens is 388 g/mol. The molecule has 0 aliphatic carbocycles. The lowest BCUT2D eigenvalue weighted by Crippen LogP contribution is -2.35. The van der Waals surface area contributed by atoms with Gasteiger partial charge in [0, 0.05) is 38.3 Å². The number of hydrogen-bond acceptors (Lipinski definition) is 5. The molecule has 6 heteroatoms. The zero-order valence-electron chi connectivity index (χ0n) is 17.5. The molecule has 0 spiro atoms. The average Bonchev–Trinajstić information content (AvgIpc) is 2.71. The van der Waals surface area contributed by atoms with Gasteiger partial charge in [-0.25, -0.2) is 0 Å². The second-order valence-corrected chi connectivity index (χ2v) is 7.18. The Bertz CT molecular complexity index is 708. The van der Waals surface area contributed by atoms with Gasteiger partial charge in [-0.1, -0.05) is 49.4 Å². The Morgan fingerprint density at radius 2 is 1.76 bits per heavy atom. The van der Waals surface area contributed by atoms with E-state index in [0.29, 0.717) is 18.5 Å². The number of anilines is 1. The molecule has 0 aromatic heterocycles. The van der Waals surface area contributed by atoms with Crippen LogP contribution in [0.15, 0.2) is 54.6 Å². The van der Waals surface area contributed by atoms with Crippen molar-refractivity contribution in [3.05, 3.63) is 65.7 Å². The zero-order valence-corrected chi connectivity index (χ0v) is 18.3. The molecule has 0 heterocycles. The van der Waals surface area contributed by atoms with Gasteiger partial charge in [0.15, 0.2) is 5.78 Å². The summed E-state index contributed by atoms with van der Waals surface area (Å²) in [6.07, 6.45) is 0.199. The normalized spacial score (nSPS) is 12.7. The van der Waals surface area contributed by atoms with Crippen molar-refractivity contribution in [2.75, 3.05) is 38.7 Å². The molecule has 2 unspecified atom stereocenters. The smallest absolute Gasteiger partial charge is 0.191 e. The fourth-order valence-electron chi connectivity index (χ4n) is 2.89. The lowest BCUT2D eigenvalue weighted by Gasteiger charge is -2.20. The Labute approximate surface area is 180 Å². The van der Waals surface area contributed by atoms with Crippen LogP contribution in [-0.4, -0.2) is 56.9 Å². The summed E-state index contributed by atoms with van der Waals surface area (Å²) in [7, 11) is 3.99. The van der Waals surface area contributed by atoms with E-state index >= 15 is 0 Å². The molecule has 0 fully saturated rings. The molecule has 2 aromatic rings. The molecule has 0 aliphatic rings. The summed E-state index contributed by atoms with van der Waals surface area (Å²) in [6.45, 7) is 3.50. The highest BCUT2D eigenvalue weighted by Gasteiger charge is 2.22. The van der Waals surface area contributed by atoms with Crippen molar-refractivity contribution in [2.45, 2.75) is 32.0 Å². The number of halogens is 1. The first kappa shape index (κ1) is 25.1. The number of aliphatic hydroxyl groups excluding tert-OH is 1. The SMILES string of the molecule is CCCNCC(O)COC(Cc1ccc(N(C)C)cc1)C(=O)c1ccccc1.Cl. The lowest BCUT2D eigenvalue weighted by atomic mass is 9.99. The molecule has 5 nitrogen and oxygen atoms in total. The average molecular weight is 421 g/mol. The number of benzene rings is 2. The topological polar surface area (TPSA) is 61.8 Å². The van der Waals surface area contributed by atoms with Crippen LogP contribution < -0.4 is 10.2 Å². The summed E-state index contributed by atoms with van der Waals surface area (Å²) in [5, 5.41) is 13.3. The Morgan fingerprint density at radius 3 is 2.34 bits per heavy atom. The van der Waals surface area contributed by atoms with Gasteiger partial charge in [0.05, 0.1) is 12.7 Å². The third-order valence-electron chi connectivity index (χ3n) is 4.52. The van der Waals surface area contributed by atoms with Crippen LogP contribution in [0, 0.1) is 0 Å². The van der Waals surface area contributed by atoms with Crippen LogP contribution in [0.5, 0.6) is 0 Å². The van der Waals surface area contributed by atoms with Gasteiger partial charge in [-0.15, -0.1) is 12.4 Å². The summed E-state index contributed by atoms with van der Waals surface area (Å²) >= 11 is 0. The quantitative estimate of drug-likeness (QED) is 0.407. The molecule has 0 saturated carbocycles. The fourth-order valence-corrected chi connectivity index (χ4v) is 2.89. The summed E-state index contributed by atoms with van der Waals surface area (Å²) in [4.78, 5) is 15.0. The van der Waals surface area contributed by atoms with Gasteiger partial charge in [0.2, 0.25) is 0 Å². The molecular formula is C23H33ClN2O3. The third kappa shape index (κ3) is 8.54. The molecule has 0 radical (unpaired) electrons. The summed E-state index contributed by atoms with van der Waals surface area (Å²) in [6, 6.07) is 17.3. The van der Waals surface area contributed by atoms with Gasteiger partial charge in [0.1, 0.15) is 6.10 Å². The van der Waals surface area contributed by atoms with Gasteiger partial charge in [0.25, 0.3) is 0 Å². The van der Waals surface area contributed by atoms with E-state index < -0.39 is 12.2 Å². The van der Waals surface area contributed by atoms with Gasteiger partial charge in [-0.2, -0.15) is 0 Å². The number of nitrogens with one attached hydrogen (secondary N) is 1. The van der Waals surface area contributed by atoms with Crippen molar-refractivity contribution < 1.29 is 14.6 Å². The molecule has 2 rings (SSSR count). The van der Waals surface area contributed by atoms with Crippen molar-refractivity contribution in [3.8, 4) is 0 Å². The van der Waals surface area contributed by atoms with Crippen molar-refractivity contribution >= 4 is 23.9 Å². The molecule has 29 heavy (non-hydrogen) atoms. The predicted octanol–water partition coefficient (Wildman–Crippen LogP) is 3.35. The second kappa shape index (κ2) is 13.3. The largest absolute Gasteiger partial charge is 0.389 e. The van der Waals surface area contributed by atoms with Crippen LogP contribution in [0.2, 0.25) is 0 Å². The number of carbonyl (C=O) groups excluding carboxylic acids is 1. The van der Waals surface area contributed by atoms with E-state index in [4.69, 9.17) is 4.74 Å². The zero-order chi connectivity index (χ0) is 20.4. The predicted molar refractivity (Wildman–Crippen MR) is 121 cm³/mol. The van der Waals surface area contributed by atoms with Crippen molar-refractivity contribution in [2.24, 2.45) is 0 Å². The molecule has 160 valence electrons. The minimum absolute atomic E-state index is 0. The first-order valence-electron chi connectivity index (χ1n) is 9.87. The highest BCUT2D eigenvalue weighted by Crippen LogP contribution is 2.17. The van der Waals surface area contributed by atoms with Crippen molar-refractivity contribution in [1.29, 1.82) is 0 Å². The first-order chi connectivity index (χ1) is 13.5. The molecule has 0 saturated heterocycles. The molecule has 2 aromatic carbocycles. The minimum Gasteiger partial charge on any atom is -0.389 e.